The molecule has 37 heavy (non-hydrogen) atoms. The van der Waals surface area contributed by atoms with Crippen LogP contribution >= 0.6 is 11.3 Å². The molecule has 1 atom stereocenters. The molecule has 3 aromatic rings. The van der Waals surface area contributed by atoms with Gasteiger partial charge in [0.1, 0.15) is 0 Å². The minimum absolute atomic E-state index is 0.0320. The zero-order valence-electron chi connectivity index (χ0n) is 20.9. The van der Waals surface area contributed by atoms with Gasteiger partial charge in [0.2, 0.25) is 0 Å². The molecule has 0 aliphatic carbocycles. The summed E-state index contributed by atoms with van der Waals surface area (Å²) < 4.78 is 0. The Morgan fingerprint density at radius 2 is 1.68 bits per heavy atom. The Morgan fingerprint density at radius 3 is 2.43 bits per heavy atom. The van der Waals surface area contributed by atoms with Crippen LogP contribution < -0.4 is 5.32 Å². The first-order valence-corrected chi connectivity index (χ1v) is 13.5. The van der Waals surface area contributed by atoms with Gasteiger partial charge in [0.15, 0.2) is 5.78 Å². The number of nitrogens with zero attached hydrogens (tertiary/aromatic N) is 2. The van der Waals surface area contributed by atoms with Crippen molar-refractivity contribution in [2.45, 2.75) is 39.0 Å². The van der Waals surface area contributed by atoms with Crippen molar-refractivity contribution in [1.82, 2.24) is 15.1 Å². The number of rotatable bonds is 7. The molecule has 8 heteroatoms. The van der Waals surface area contributed by atoms with E-state index in [4.69, 9.17) is 0 Å². The molecule has 2 aliphatic rings. The van der Waals surface area contributed by atoms with Gasteiger partial charge in [0.05, 0.1) is 11.0 Å². The number of amides is 2. The number of thiophene rings is 1. The highest BCUT2D eigenvalue weighted by Crippen LogP contribution is 2.29. The molecule has 0 bridgehead atoms. The number of fused-ring (bicyclic) bond motifs is 2. The van der Waals surface area contributed by atoms with Gasteiger partial charge < -0.3 is 15.3 Å². The Balaban J connectivity index is 1.13. The van der Waals surface area contributed by atoms with Crippen molar-refractivity contribution in [1.29, 1.82) is 0 Å². The topological polar surface area (TPSA) is 90.0 Å². The van der Waals surface area contributed by atoms with Crippen LogP contribution in [0.15, 0.2) is 54.6 Å². The smallest absolute Gasteiger partial charge is 0.261 e. The maximum atomic E-state index is 13.0. The second-order valence-corrected chi connectivity index (χ2v) is 10.9. The van der Waals surface area contributed by atoms with Crippen molar-refractivity contribution >= 4 is 28.9 Å². The van der Waals surface area contributed by atoms with Gasteiger partial charge in [0, 0.05) is 55.3 Å². The quantitative estimate of drug-likeness (QED) is 0.470. The van der Waals surface area contributed by atoms with Crippen molar-refractivity contribution < 1.29 is 19.5 Å². The normalized spacial score (nSPS) is 16.0. The fraction of sp³-hybridized carbons (Fsp3) is 0.345. The van der Waals surface area contributed by atoms with E-state index >= 15 is 0 Å². The van der Waals surface area contributed by atoms with Crippen LogP contribution in [0.2, 0.25) is 0 Å². The van der Waals surface area contributed by atoms with E-state index in [0.29, 0.717) is 42.1 Å². The molecule has 2 amide bonds. The number of hydrogen-bond acceptors (Lipinski definition) is 6. The average molecular weight is 518 g/mol. The first-order valence-electron chi connectivity index (χ1n) is 12.6. The summed E-state index contributed by atoms with van der Waals surface area (Å²) in [5, 5.41) is 13.4. The number of nitrogens with one attached hydrogen (secondary N) is 1. The summed E-state index contributed by atoms with van der Waals surface area (Å²) in [6.07, 6.45) is 1.02. The molecule has 1 unspecified atom stereocenters. The van der Waals surface area contributed by atoms with Crippen LogP contribution in [0.4, 0.5) is 0 Å². The number of hydrogen-bond donors (Lipinski definition) is 2. The van der Waals surface area contributed by atoms with E-state index in [9.17, 15) is 19.5 Å². The van der Waals surface area contributed by atoms with Crippen molar-refractivity contribution in [2.75, 3.05) is 26.2 Å². The maximum absolute atomic E-state index is 13.0. The van der Waals surface area contributed by atoms with E-state index in [1.54, 1.807) is 29.2 Å². The number of carbonyl (C=O) groups is 3. The van der Waals surface area contributed by atoms with Crippen LogP contribution in [0.3, 0.4) is 0 Å². The summed E-state index contributed by atoms with van der Waals surface area (Å²) in [5.74, 6) is -0.308. The summed E-state index contributed by atoms with van der Waals surface area (Å²) in [7, 11) is 0. The molecule has 192 valence electrons. The van der Waals surface area contributed by atoms with Crippen LogP contribution in [-0.2, 0) is 25.9 Å². The van der Waals surface area contributed by atoms with Crippen LogP contribution in [-0.4, -0.2) is 64.8 Å². The Labute approximate surface area is 220 Å². The highest BCUT2D eigenvalue weighted by Gasteiger charge is 2.26. The fourth-order valence-corrected chi connectivity index (χ4v) is 6.10. The van der Waals surface area contributed by atoms with Gasteiger partial charge >= 0.3 is 0 Å². The number of benzene rings is 2. The van der Waals surface area contributed by atoms with Crippen molar-refractivity contribution in [2.24, 2.45) is 0 Å². The molecule has 1 aromatic heterocycles. The van der Waals surface area contributed by atoms with E-state index in [1.807, 2.05) is 12.1 Å². The molecule has 0 fully saturated rings. The third-order valence-corrected chi connectivity index (χ3v) is 8.33. The summed E-state index contributed by atoms with van der Waals surface area (Å²) in [4.78, 5) is 43.0. The zero-order chi connectivity index (χ0) is 25.9. The van der Waals surface area contributed by atoms with E-state index < -0.39 is 6.10 Å². The predicted octanol–water partition coefficient (Wildman–Crippen LogP) is 3.30. The summed E-state index contributed by atoms with van der Waals surface area (Å²) in [6.45, 7) is 4.96. The molecule has 0 saturated heterocycles. The number of Topliss-reactive ketones (excluding diaryl/α,β-unsaturated/α-hetero) is 1. The summed E-state index contributed by atoms with van der Waals surface area (Å²) >= 11 is 1.46. The zero-order valence-corrected chi connectivity index (χ0v) is 21.7. The van der Waals surface area contributed by atoms with Gasteiger partial charge in [-0.15, -0.1) is 11.3 Å². The molecule has 3 heterocycles. The monoisotopic (exact) mass is 517 g/mol. The van der Waals surface area contributed by atoms with E-state index in [1.165, 1.54) is 29.4 Å². The van der Waals surface area contributed by atoms with Gasteiger partial charge in [-0.1, -0.05) is 36.4 Å². The fourth-order valence-electron chi connectivity index (χ4n) is 5.02. The van der Waals surface area contributed by atoms with Crippen molar-refractivity contribution in [3.63, 3.8) is 0 Å². The highest BCUT2D eigenvalue weighted by molar-refractivity contribution is 7.14. The van der Waals surface area contributed by atoms with Crippen LogP contribution in [0, 0.1) is 0 Å². The molecule has 2 aromatic carbocycles. The minimum atomic E-state index is -0.647. The number of aliphatic hydroxyl groups is 1. The van der Waals surface area contributed by atoms with Gasteiger partial charge in [-0.05, 0) is 54.7 Å². The van der Waals surface area contributed by atoms with E-state index in [-0.39, 0.29) is 24.1 Å². The van der Waals surface area contributed by atoms with Crippen LogP contribution in [0.5, 0.6) is 0 Å². The van der Waals surface area contributed by atoms with E-state index in [2.05, 4.69) is 28.4 Å². The van der Waals surface area contributed by atoms with Crippen molar-refractivity contribution in [3.05, 3.63) is 92.2 Å². The van der Waals surface area contributed by atoms with Gasteiger partial charge in [0.25, 0.3) is 11.8 Å². The second-order valence-electron chi connectivity index (χ2n) is 9.79. The molecule has 0 spiro atoms. The molecule has 0 radical (unpaired) electrons. The Bertz CT molecular complexity index is 1320. The lowest BCUT2D eigenvalue weighted by atomic mass is 10.00. The molecule has 0 saturated carbocycles. The number of aliphatic hydroxyl groups excluding tert-OH is 1. The second kappa shape index (κ2) is 11.0. The molecule has 2 N–H and O–H groups in total. The number of carbonyl (C=O) groups excluding carboxylic acids is 3. The molecular formula is C29H31N3O4S. The SMILES string of the molecule is CC(=O)c1ccc(C(=O)N2CCc3sc(C(=O)NCC(O)CN4CCc5ccccc5C4)cc3C2)cc1. The molecule has 7 nitrogen and oxygen atoms in total. The average Bonchev–Trinajstić information content (AvgIpc) is 3.35. The molecule has 5 rings (SSSR count). The van der Waals surface area contributed by atoms with Gasteiger partial charge in [-0.2, -0.15) is 0 Å². The Morgan fingerprint density at radius 1 is 0.946 bits per heavy atom. The van der Waals surface area contributed by atoms with Crippen LogP contribution in [0.25, 0.3) is 0 Å². The Kier molecular flexibility index (Phi) is 7.50. The van der Waals surface area contributed by atoms with Crippen LogP contribution in [0.1, 0.15) is 58.9 Å². The van der Waals surface area contributed by atoms with Gasteiger partial charge in [-0.25, -0.2) is 0 Å². The summed E-state index contributed by atoms with van der Waals surface area (Å²) in [6, 6.07) is 17.0. The number of ketones is 1. The summed E-state index contributed by atoms with van der Waals surface area (Å²) in [5.41, 5.74) is 4.79. The lowest BCUT2D eigenvalue weighted by Gasteiger charge is -2.30. The third-order valence-electron chi connectivity index (χ3n) is 7.09. The third kappa shape index (κ3) is 5.82. The van der Waals surface area contributed by atoms with Crippen molar-refractivity contribution in [3.8, 4) is 0 Å². The molecule has 2 aliphatic heterocycles. The first-order chi connectivity index (χ1) is 17.9. The lowest BCUT2D eigenvalue weighted by molar-refractivity contribution is 0.0735. The largest absolute Gasteiger partial charge is 0.390 e. The van der Waals surface area contributed by atoms with E-state index in [0.717, 1.165) is 30.0 Å². The number of β-amino-alcohol motifs (C(OH)–C–C–N with tert-alkyl or cyclic N) is 1. The Hall–Kier alpha value is -3.33. The predicted molar refractivity (Wildman–Crippen MR) is 143 cm³/mol. The standard InChI is InChI=1S/C29H31N3O4S/c1-19(33)20-6-8-22(9-7-20)29(36)32-13-11-26-24(17-32)14-27(37-26)28(35)30-15-25(34)18-31-12-10-21-4-2-3-5-23(21)16-31/h2-9,14,25,34H,10-13,15-18H2,1H3,(H,30,35). The minimum Gasteiger partial charge on any atom is -0.390 e. The maximum Gasteiger partial charge on any atom is 0.261 e. The molecular weight excluding hydrogens is 486 g/mol. The van der Waals surface area contributed by atoms with Gasteiger partial charge in [-0.3, -0.25) is 19.3 Å². The lowest BCUT2D eigenvalue weighted by Crippen LogP contribution is -2.41. The highest BCUT2D eigenvalue weighted by atomic mass is 32.1. The first kappa shape index (κ1) is 25.3.